The molecule has 1 aromatic carbocycles. The third kappa shape index (κ3) is 4.41. The fraction of sp³-hybridized carbons (Fsp3) is 0.556. The molecule has 1 saturated heterocycles. The zero-order valence-electron chi connectivity index (χ0n) is 15.0. The first-order valence-corrected chi connectivity index (χ1v) is 8.54. The van der Waals surface area contributed by atoms with Crippen molar-refractivity contribution in [3.05, 3.63) is 28.8 Å². The molecule has 0 bridgehead atoms. The van der Waals surface area contributed by atoms with Crippen molar-refractivity contribution in [2.45, 2.75) is 39.7 Å². The molecule has 6 heteroatoms. The topological polar surface area (TPSA) is 52.7 Å². The van der Waals surface area contributed by atoms with E-state index in [1.54, 1.807) is 18.0 Å². The van der Waals surface area contributed by atoms with Crippen molar-refractivity contribution in [3.63, 3.8) is 0 Å². The number of anilines is 1. The summed E-state index contributed by atoms with van der Waals surface area (Å²) < 4.78 is 0. The Balaban J connectivity index is 1.95. The minimum absolute atomic E-state index is 0.153. The monoisotopic (exact) mass is 351 g/mol. The van der Waals surface area contributed by atoms with Crippen molar-refractivity contribution in [2.24, 2.45) is 5.92 Å². The maximum Gasteiger partial charge on any atom is 0.321 e. The molecule has 132 valence electrons. The van der Waals surface area contributed by atoms with Crippen molar-refractivity contribution in [2.75, 3.05) is 25.5 Å². The molecule has 2 rings (SSSR count). The van der Waals surface area contributed by atoms with Crippen LogP contribution in [0.4, 0.5) is 10.5 Å². The second-order valence-electron chi connectivity index (χ2n) is 7.54. The Kier molecular flexibility index (Phi) is 5.43. The van der Waals surface area contributed by atoms with Crippen LogP contribution in [-0.4, -0.2) is 47.4 Å². The summed E-state index contributed by atoms with van der Waals surface area (Å²) in [4.78, 5) is 28.0. The van der Waals surface area contributed by atoms with Gasteiger partial charge in [-0.1, -0.05) is 17.7 Å². The van der Waals surface area contributed by atoms with Crippen LogP contribution in [-0.2, 0) is 4.79 Å². The zero-order chi connectivity index (χ0) is 18.1. The minimum atomic E-state index is -0.218. The zero-order valence-corrected chi connectivity index (χ0v) is 15.8. The van der Waals surface area contributed by atoms with E-state index in [0.717, 1.165) is 5.56 Å². The molecule has 0 saturated carbocycles. The van der Waals surface area contributed by atoms with E-state index < -0.39 is 0 Å². The summed E-state index contributed by atoms with van der Waals surface area (Å²) in [5.74, 6) is 0.309. The van der Waals surface area contributed by atoms with Crippen LogP contribution in [0, 0.1) is 12.8 Å². The van der Waals surface area contributed by atoms with Crippen molar-refractivity contribution in [1.29, 1.82) is 0 Å². The molecule has 0 spiro atoms. The van der Waals surface area contributed by atoms with Crippen LogP contribution < -0.4 is 5.32 Å². The first-order chi connectivity index (χ1) is 11.1. The Morgan fingerprint density at radius 3 is 2.67 bits per heavy atom. The summed E-state index contributed by atoms with van der Waals surface area (Å²) in [6.45, 7) is 9.26. The van der Waals surface area contributed by atoms with Crippen LogP contribution in [0.2, 0.25) is 5.02 Å². The van der Waals surface area contributed by atoms with Crippen molar-refractivity contribution < 1.29 is 9.59 Å². The van der Waals surface area contributed by atoms with Crippen molar-refractivity contribution in [3.8, 4) is 0 Å². The number of carbonyl (C=O) groups excluding carboxylic acids is 2. The van der Waals surface area contributed by atoms with E-state index in [1.165, 1.54) is 0 Å². The molecule has 1 fully saturated rings. The van der Waals surface area contributed by atoms with E-state index in [0.29, 0.717) is 30.2 Å². The van der Waals surface area contributed by atoms with E-state index in [4.69, 9.17) is 11.6 Å². The SMILES string of the molecule is Cc1ccc(Cl)c(NC(=O)N(C)C[C@H]2CC(=O)N(C(C)(C)C)C2)c1. The Bertz CT molecular complexity index is 640. The molecule has 1 heterocycles. The maximum absolute atomic E-state index is 12.4. The molecule has 3 amide bonds. The highest BCUT2D eigenvalue weighted by atomic mass is 35.5. The number of halogens is 1. The van der Waals surface area contributed by atoms with Gasteiger partial charge >= 0.3 is 6.03 Å². The Morgan fingerprint density at radius 2 is 2.08 bits per heavy atom. The molecule has 0 aromatic heterocycles. The second kappa shape index (κ2) is 7.01. The summed E-state index contributed by atoms with van der Waals surface area (Å²) in [6.07, 6.45) is 0.486. The third-order valence-corrected chi connectivity index (χ3v) is 4.59. The summed E-state index contributed by atoms with van der Waals surface area (Å²) in [6, 6.07) is 5.29. The fourth-order valence-electron chi connectivity index (χ4n) is 2.97. The molecular weight excluding hydrogens is 326 g/mol. The van der Waals surface area contributed by atoms with Gasteiger partial charge in [0.15, 0.2) is 0 Å². The number of nitrogens with zero attached hydrogens (tertiary/aromatic N) is 2. The number of rotatable bonds is 3. The lowest BCUT2D eigenvalue weighted by Gasteiger charge is -2.32. The van der Waals surface area contributed by atoms with E-state index >= 15 is 0 Å². The normalized spacial score (nSPS) is 18.0. The fourth-order valence-corrected chi connectivity index (χ4v) is 3.13. The molecule has 0 unspecified atom stereocenters. The van der Waals surface area contributed by atoms with Gasteiger partial charge in [0.05, 0.1) is 10.7 Å². The summed E-state index contributed by atoms with van der Waals surface area (Å²) in [7, 11) is 1.74. The molecule has 0 aliphatic carbocycles. The highest BCUT2D eigenvalue weighted by Crippen LogP contribution is 2.27. The molecular formula is C18H26ClN3O2. The van der Waals surface area contributed by atoms with E-state index in [-0.39, 0.29) is 23.4 Å². The van der Waals surface area contributed by atoms with Crippen LogP contribution in [0.5, 0.6) is 0 Å². The molecule has 1 atom stereocenters. The number of benzene rings is 1. The van der Waals surface area contributed by atoms with E-state index in [9.17, 15) is 9.59 Å². The minimum Gasteiger partial charge on any atom is -0.337 e. The van der Waals surface area contributed by atoms with Crippen LogP contribution in [0.3, 0.4) is 0 Å². The van der Waals surface area contributed by atoms with E-state index in [2.05, 4.69) is 5.32 Å². The van der Waals surface area contributed by atoms with Gasteiger partial charge in [-0.3, -0.25) is 4.79 Å². The number of hydrogen-bond donors (Lipinski definition) is 1. The summed E-state index contributed by atoms with van der Waals surface area (Å²) >= 11 is 6.12. The highest BCUT2D eigenvalue weighted by molar-refractivity contribution is 6.33. The average molecular weight is 352 g/mol. The molecule has 5 nitrogen and oxygen atoms in total. The first kappa shape index (κ1) is 18.6. The predicted octanol–water partition coefficient (Wildman–Crippen LogP) is 3.76. The largest absolute Gasteiger partial charge is 0.337 e. The van der Waals surface area contributed by atoms with Gasteiger partial charge in [0, 0.05) is 38.0 Å². The van der Waals surface area contributed by atoms with Gasteiger partial charge in [0.2, 0.25) is 5.91 Å². The number of likely N-dealkylation sites (tertiary alicyclic amines) is 1. The number of aryl methyl sites for hydroxylation is 1. The Labute approximate surface area is 149 Å². The lowest BCUT2D eigenvalue weighted by Crippen LogP contribution is -2.43. The molecule has 0 radical (unpaired) electrons. The average Bonchev–Trinajstić information content (AvgIpc) is 2.83. The van der Waals surface area contributed by atoms with Crippen molar-refractivity contribution >= 4 is 29.2 Å². The van der Waals surface area contributed by atoms with Crippen LogP contribution in [0.25, 0.3) is 0 Å². The van der Waals surface area contributed by atoms with Crippen LogP contribution in [0.15, 0.2) is 18.2 Å². The molecule has 1 aromatic rings. The van der Waals surface area contributed by atoms with Gasteiger partial charge in [-0.15, -0.1) is 0 Å². The number of urea groups is 1. The lowest BCUT2D eigenvalue weighted by atomic mass is 10.1. The van der Waals surface area contributed by atoms with Gasteiger partial charge in [-0.05, 0) is 45.4 Å². The van der Waals surface area contributed by atoms with Gasteiger partial charge in [-0.2, -0.15) is 0 Å². The smallest absolute Gasteiger partial charge is 0.321 e. The van der Waals surface area contributed by atoms with Gasteiger partial charge in [-0.25, -0.2) is 4.79 Å². The predicted molar refractivity (Wildman–Crippen MR) is 97.4 cm³/mol. The number of hydrogen-bond acceptors (Lipinski definition) is 2. The lowest BCUT2D eigenvalue weighted by molar-refractivity contribution is -0.131. The van der Waals surface area contributed by atoms with Gasteiger partial charge < -0.3 is 15.1 Å². The Morgan fingerprint density at radius 1 is 1.42 bits per heavy atom. The van der Waals surface area contributed by atoms with Gasteiger partial charge in [0.1, 0.15) is 0 Å². The molecule has 1 aliphatic heterocycles. The first-order valence-electron chi connectivity index (χ1n) is 8.16. The molecule has 24 heavy (non-hydrogen) atoms. The third-order valence-electron chi connectivity index (χ3n) is 4.26. The maximum atomic E-state index is 12.4. The highest BCUT2D eigenvalue weighted by Gasteiger charge is 2.36. The molecule has 1 N–H and O–H groups in total. The summed E-state index contributed by atoms with van der Waals surface area (Å²) in [5.41, 5.74) is 1.45. The quantitative estimate of drug-likeness (QED) is 0.901. The summed E-state index contributed by atoms with van der Waals surface area (Å²) in [5, 5.41) is 3.35. The number of carbonyl (C=O) groups is 2. The van der Waals surface area contributed by atoms with Crippen molar-refractivity contribution in [1.82, 2.24) is 9.80 Å². The standard InChI is InChI=1S/C18H26ClN3O2/c1-12-6-7-14(19)15(8-12)20-17(24)21(5)10-13-9-16(23)22(11-13)18(2,3)4/h6-8,13H,9-11H2,1-5H3,(H,20,24)/t13-/m1/s1. The molecule has 1 aliphatic rings. The van der Waals surface area contributed by atoms with E-state index in [1.807, 2.05) is 44.7 Å². The van der Waals surface area contributed by atoms with Gasteiger partial charge in [0.25, 0.3) is 0 Å². The van der Waals surface area contributed by atoms with Crippen LogP contribution >= 0.6 is 11.6 Å². The number of nitrogens with one attached hydrogen (secondary N) is 1. The Hall–Kier alpha value is -1.75. The second-order valence-corrected chi connectivity index (χ2v) is 7.95. The van der Waals surface area contributed by atoms with Crippen LogP contribution in [0.1, 0.15) is 32.8 Å². The number of amides is 3.